The highest BCUT2D eigenvalue weighted by molar-refractivity contribution is 9.10. The summed E-state index contributed by atoms with van der Waals surface area (Å²) in [6, 6.07) is 14.5. The van der Waals surface area contributed by atoms with Crippen LogP contribution in [0.15, 0.2) is 62.4 Å². The molecular formula is C21H18BrClN2O3. The van der Waals surface area contributed by atoms with E-state index in [9.17, 15) is 4.79 Å². The van der Waals surface area contributed by atoms with Gasteiger partial charge >= 0.3 is 0 Å². The maximum atomic E-state index is 12.9. The zero-order chi connectivity index (χ0) is 19.5. The number of hydrogen-bond acceptors (Lipinski definition) is 4. The van der Waals surface area contributed by atoms with Gasteiger partial charge in [-0.05, 0) is 55.3 Å². The van der Waals surface area contributed by atoms with E-state index < -0.39 is 0 Å². The lowest BCUT2D eigenvalue weighted by Crippen LogP contribution is -2.34. The average molecular weight is 462 g/mol. The Morgan fingerprint density at radius 1 is 1.25 bits per heavy atom. The molecule has 0 bridgehead atoms. The average Bonchev–Trinajstić information content (AvgIpc) is 3.19. The summed E-state index contributed by atoms with van der Waals surface area (Å²) in [6.07, 6.45) is 2.04. The van der Waals surface area contributed by atoms with E-state index in [1.165, 1.54) is 0 Å². The summed E-state index contributed by atoms with van der Waals surface area (Å²) in [5.74, 6) is -0.248. The number of halogens is 2. The Morgan fingerprint density at radius 2 is 2.14 bits per heavy atom. The van der Waals surface area contributed by atoms with Crippen molar-refractivity contribution in [3.63, 3.8) is 0 Å². The van der Waals surface area contributed by atoms with Gasteiger partial charge in [-0.25, -0.2) is 4.99 Å². The quantitative estimate of drug-likeness (QED) is 0.595. The smallest absolute Gasteiger partial charge is 0.256 e. The molecule has 144 valence electrons. The Kier molecular flexibility index (Phi) is 5.80. The molecule has 0 saturated carbocycles. The fourth-order valence-corrected chi connectivity index (χ4v) is 3.68. The Bertz CT molecular complexity index is 1090. The molecule has 1 atom stereocenters. The summed E-state index contributed by atoms with van der Waals surface area (Å²) in [7, 11) is 0. The lowest BCUT2D eigenvalue weighted by Gasteiger charge is -2.11. The number of ether oxygens (including phenoxy) is 1. The molecule has 0 radical (unpaired) electrons. The van der Waals surface area contributed by atoms with Crippen LogP contribution in [0.5, 0.6) is 0 Å². The molecule has 28 heavy (non-hydrogen) atoms. The second kappa shape index (κ2) is 8.47. The topological polar surface area (TPSA) is 63.8 Å². The van der Waals surface area contributed by atoms with Crippen LogP contribution in [0.1, 0.15) is 23.2 Å². The molecule has 4 rings (SSSR count). The highest BCUT2D eigenvalue weighted by Crippen LogP contribution is 2.21. The zero-order valence-corrected chi connectivity index (χ0v) is 17.3. The highest BCUT2D eigenvalue weighted by atomic mass is 79.9. The van der Waals surface area contributed by atoms with Gasteiger partial charge in [-0.1, -0.05) is 33.6 Å². The van der Waals surface area contributed by atoms with Crippen LogP contribution in [0.3, 0.4) is 0 Å². The molecule has 1 saturated heterocycles. The molecule has 5 nitrogen and oxygen atoms in total. The van der Waals surface area contributed by atoms with Crippen molar-refractivity contribution in [2.45, 2.75) is 18.9 Å². The molecule has 2 aromatic carbocycles. The summed E-state index contributed by atoms with van der Waals surface area (Å²) in [5, 5.41) is 4.31. The number of carbonyl (C=O) groups is 1. The molecule has 0 spiro atoms. The lowest BCUT2D eigenvalue weighted by atomic mass is 10.1. The summed E-state index contributed by atoms with van der Waals surface area (Å²) in [6.45, 7) is 1.21. The number of nitrogens with one attached hydrogen (secondary N) is 1. The van der Waals surface area contributed by atoms with E-state index in [0.717, 1.165) is 29.3 Å². The van der Waals surface area contributed by atoms with Crippen LogP contribution >= 0.6 is 27.5 Å². The first-order valence-electron chi connectivity index (χ1n) is 9.02. The summed E-state index contributed by atoms with van der Waals surface area (Å²) in [4.78, 5) is 17.4. The van der Waals surface area contributed by atoms with Crippen molar-refractivity contribution in [1.82, 2.24) is 5.32 Å². The number of rotatable bonds is 4. The van der Waals surface area contributed by atoms with Gasteiger partial charge in [0.05, 0.1) is 11.8 Å². The molecule has 1 N–H and O–H groups in total. The van der Waals surface area contributed by atoms with E-state index in [1.54, 1.807) is 30.3 Å². The maximum absolute atomic E-state index is 12.9. The minimum atomic E-state index is -0.248. The van der Waals surface area contributed by atoms with Crippen LogP contribution in [0.4, 0.5) is 5.69 Å². The van der Waals surface area contributed by atoms with E-state index in [0.29, 0.717) is 28.4 Å². The monoisotopic (exact) mass is 460 g/mol. The number of nitrogens with zero attached hydrogens (tertiary/aromatic N) is 1. The summed E-state index contributed by atoms with van der Waals surface area (Å²) < 4.78 is 12.4. The van der Waals surface area contributed by atoms with Gasteiger partial charge in [-0.3, -0.25) is 4.79 Å². The van der Waals surface area contributed by atoms with E-state index in [2.05, 4.69) is 26.2 Å². The molecule has 1 amide bonds. The van der Waals surface area contributed by atoms with Crippen LogP contribution in [0.2, 0.25) is 5.02 Å². The van der Waals surface area contributed by atoms with E-state index in [4.69, 9.17) is 20.8 Å². The van der Waals surface area contributed by atoms with Crippen molar-refractivity contribution >= 4 is 50.1 Å². The minimum Gasteiger partial charge on any atom is -0.438 e. The van der Waals surface area contributed by atoms with Crippen molar-refractivity contribution in [3.05, 3.63) is 69.1 Å². The Labute approximate surface area is 175 Å². The highest BCUT2D eigenvalue weighted by Gasteiger charge is 2.18. The Hall–Kier alpha value is -2.15. The number of hydrogen-bond donors (Lipinski definition) is 1. The van der Waals surface area contributed by atoms with Crippen molar-refractivity contribution in [3.8, 4) is 0 Å². The summed E-state index contributed by atoms with van der Waals surface area (Å²) in [5.41, 5.74) is 1.85. The minimum absolute atomic E-state index is 0.0591. The molecule has 1 aliphatic rings. The van der Waals surface area contributed by atoms with Gasteiger partial charge in [-0.2, -0.15) is 0 Å². The molecule has 1 aromatic heterocycles. The van der Waals surface area contributed by atoms with Gasteiger partial charge in [-0.15, -0.1) is 0 Å². The molecule has 2 heterocycles. The Balaban J connectivity index is 1.76. The van der Waals surface area contributed by atoms with Crippen molar-refractivity contribution < 1.29 is 13.9 Å². The number of carbonyl (C=O) groups excluding carboxylic acids is 1. The van der Waals surface area contributed by atoms with Gasteiger partial charge in [0.15, 0.2) is 0 Å². The second-order valence-electron chi connectivity index (χ2n) is 6.58. The van der Waals surface area contributed by atoms with Gasteiger partial charge in [0.25, 0.3) is 5.91 Å². The third kappa shape index (κ3) is 4.46. The predicted octanol–water partition coefficient (Wildman–Crippen LogP) is 4.99. The van der Waals surface area contributed by atoms with Gasteiger partial charge in [0.1, 0.15) is 11.1 Å². The van der Waals surface area contributed by atoms with Gasteiger partial charge < -0.3 is 14.5 Å². The molecular weight excluding hydrogens is 444 g/mol. The van der Waals surface area contributed by atoms with Crippen LogP contribution in [-0.4, -0.2) is 25.2 Å². The normalized spacial score (nSPS) is 17.2. The number of benzene rings is 2. The van der Waals surface area contributed by atoms with E-state index in [1.807, 2.05) is 18.2 Å². The standard InChI is InChI=1S/C21H18BrClN2O3/c22-14-6-7-19-13(9-14)10-18(20(26)24-12-17-5-2-8-27-17)21(28-19)25-16-4-1-3-15(23)11-16/h1,3-4,6-7,9-11,17H,2,5,8,12H2,(H,24,26)/t17-/m1/s1. The van der Waals surface area contributed by atoms with Crippen molar-refractivity contribution in [2.75, 3.05) is 13.2 Å². The first-order chi connectivity index (χ1) is 13.6. The van der Waals surface area contributed by atoms with Crippen LogP contribution in [0, 0.1) is 0 Å². The van der Waals surface area contributed by atoms with Gasteiger partial charge in [0.2, 0.25) is 5.55 Å². The first kappa shape index (κ1) is 19.2. The fourth-order valence-electron chi connectivity index (χ4n) is 3.12. The van der Waals surface area contributed by atoms with Crippen molar-refractivity contribution in [2.24, 2.45) is 4.99 Å². The van der Waals surface area contributed by atoms with E-state index in [-0.39, 0.29) is 17.6 Å². The zero-order valence-electron chi connectivity index (χ0n) is 15.0. The van der Waals surface area contributed by atoms with Crippen LogP contribution < -0.4 is 10.9 Å². The molecule has 7 heteroatoms. The molecule has 0 aliphatic carbocycles. The number of fused-ring (bicyclic) bond motifs is 1. The molecule has 1 aliphatic heterocycles. The van der Waals surface area contributed by atoms with Crippen molar-refractivity contribution in [1.29, 1.82) is 0 Å². The molecule has 0 unspecified atom stereocenters. The van der Waals surface area contributed by atoms with Crippen LogP contribution in [0.25, 0.3) is 11.0 Å². The first-order valence-corrected chi connectivity index (χ1v) is 10.2. The second-order valence-corrected chi connectivity index (χ2v) is 7.94. The van der Waals surface area contributed by atoms with Gasteiger partial charge in [0, 0.05) is 28.0 Å². The molecule has 3 aromatic rings. The SMILES string of the molecule is O=C(NC[C@H]1CCCO1)c1cc2cc(Br)ccc2oc1=Nc1cccc(Cl)c1. The number of amides is 1. The third-order valence-corrected chi connectivity index (χ3v) is 5.23. The summed E-state index contributed by atoms with van der Waals surface area (Å²) >= 11 is 9.51. The third-order valence-electron chi connectivity index (χ3n) is 4.51. The largest absolute Gasteiger partial charge is 0.438 e. The lowest BCUT2D eigenvalue weighted by molar-refractivity contribution is 0.0854. The maximum Gasteiger partial charge on any atom is 0.256 e. The predicted molar refractivity (Wildman–Crippen MR) is 112 cm³/mol. The molecule has 1 fully saturated rings. The van der Waals surface area contributed by atoms with E-state index >= 15 is 0 Å². The van der Waals surface area contributed by atoms with Crippen LogP contribution in [-0.2, 0) is 4.74 Å². The Morgan fingerprint density at radius 3 is 2.93 bits per heavy atom. The fraction of sp³-hybridized carbons (Fsp3) is 0.238.